The number of piperazine rings is 2. The molecule has 0 saturated carbocycles. The second-order valence-electron chi connectivity index (χ2n) is 30.9. The van der Waals surface area contributed by atoms with E-state index in [1.807, 2.05) is 124 Å². The number of aliphatic hydroxyl groups is 1. The number of likely N-dealkylation sites (tertiary alicyclic amines) is 1. The number of nitrogens with one attached hydrogen (secondary N) is 4. The summed E-state index contributed by atoms with van der Waals surface area (Å²) in [5.41, 5.74) is 9.30. The summed E-state index contributed by atoms with van der Waals surface area (Å²) in [6.07, 6.45) is 8.16. The topological polar surface area (TPSA) is 255 Å². The van der Waals surface area contributed by atoms with Crippen LogP contribution in [0.5, 0.6) is 0 Å². The number of rotatable bonds is 32. The van der Waals surface area contributed by atoms with E-state index in [0.717, 1.165) is 175 Å². The van der Waals surface area contributed by atoms with Crippen LogP contribution in [0, 0.1) is 27.9 Å². The number of sulfonamides is 1. The maximum atomic E-state index is 14.3. The Hall–Kier alpha value is -7.30. The highest BCUT2D eigenvalue weighted by Gasteiger charge is 2.44. The third kappa shape index (κ3) is 22.2. The Kier molecular flexibility index (Phi) is 28.2. The fourth-order valence-corrected chi connectivity index (χ4v) is 18.4. The number of nitro groups is 1. The van der Waals surface area contributed by atoms with Crippen molar-refractivity contribution in [1.29, 1.82) is 0 Å². The third-order valence-electron chi connectivity index (χ3n) is 21.7. The molecule has 4 fully saturated rings. The number of allylic oxidation sites excluding steroid dienone is 1. The predicted molar refractivity (Wildman–Crippen MR) is 427 cm³/mol. The van der Waals surface area contributed by atoms with Crippen LogP contribution in [0.2, 0.25) is 5.02 Å². The van der Waals surface area contributed by atoms with E-state index in [9.17, 15) is 42.8 Å². The molecular formula is C81H107ClN12O10S3. The minimum atomic E-state index is -4.51. The van der Waals surface area contributed by atoms with Crippen molar-refractivity contribution < 1.29 is 42.4 Å². The van der Waals surface area contributed by atoms with Gasteiger partial charge in [-0.05, 0) is 153 Å². The molecule has 4 saturated heterocycles. The summed E-state index contributed by atoms with van der Waals surface area (Å²) >= 11 is 9.65. The van der Waals surface area contributed by atoms with Crippen molar-refractivity contribution in [3.05, 3.63) is 170 Å². The van der Waals surface area contributed by atoms with Gasteiger partial charge in [0.1, 0.15) is 11.7 Å². The summed E-state index contributed by atoms with van der Waals surface area (Å²) < 4.78 is 35.2. The van der Waals surface area contributed by atoms with Crippen LogP contribution in [0.3, 0.4) is 0 Å². The van der Waals surface area contributed by atoms with Crippen LogP contribution in [0.1, 0.15) is 138 Å². The molecule has 5 aromatic carbocycles. The normalized spacial score (nSPS) is 20.2. The molecule has 11 rings (SSSR count). The molecule has 5 aliphatic rings. The Labute approximate surface area is 645 Å². The number of morpholine rings is 1. The number of benzene rings is 5. The second-order valence-corrected chi connectivity index (χ2v) is 35.0. The number of nitrogens with zero attached hydrogens (tertiary/aromatic N) is 8. The van der Waals surface area contributed by atoms with Crippen LogP contribution < -0.4 is 25.6 Å². The molecular weight excluding hydrogens is 1430 g/mol. The van der Waals surface area contributed by atoms with Crippen LogP contribution in [0.15, 0.2) is 142 Å². The number of aliphatic hydroxyl groups excluding tert-OH is 1. The van der Waals surface area contributed by atoms with Crippen molar-refractivity contribution in [2.45, 2.75) is 152 Å². The zero-order chi connectivity index (χ0) is 75.8. The van der Waals surface area contributed by atoms with Gasteiger partial charge in [-0.25, -0.2) is 18.1 Å². The average Bonchev–Trinajstić information content (AvgIpc) is 1.76. The predicted octanol–water partition coefficient (Wildman–Crippen LogP) is 12.2. The van der Waals surface area contributed by atoms with Gasteiger partial charge in [0, 0.05) is 143 Å². The Morgan fingerprint density at radius 3 is 2.20 bits per heavy atom. The minimum absolute atomic E-state index is 0.0377. The molecule has 6 atom stereocenters. The zero-order valence-electron chi connectivity index (χ0n) is 62.8. The Balaban J connectivity index is 0.600. The van der Waals surface area contributed by atoms with E-state index in [0.29, 0.717) is 43.4 Å². The van der Waals surface area contributed by atoms with E-state index in [2.05, 4.69) is 64.3 Å². The summed E-state index contributed by atoms with van der Waals surface area (Å²) in [5.74, 6) is -0.459. The standard InChI is InChI=1S/C81H107ClN12O10S3/c1-57(59-18-20-61(21-19-59)75-58(2)84-56-106-75)85-78(98)73-49-67(95)53-93(73)79(99)76(80(3,4)5)83-35-14-9-7-8-13-17-74(96)92-43-39-90(40-44-92)55-81(6)34-32-70(60-22-26-64(82)27-23-60)63(51-81)52-89-37-41-91(42-38-89)66-28-24-62(25-29-66)77(97)87-107(102,103)69-30-31-71(72(50-69)94(100)101)86-65(33-36-88-45-47-104-48-46-88)54-105-68-15-11-10-12-16-68/h10-12,15-16,18-31,50,56-57,65,67,73,76,83,86,95H,7-9,13-14,17,32-49,51-55H2,1-6H3,(H,85,98)(H,87,97)/t57-,65+,67+,73-,76+,81?/m0/s1. The molecule has 5 N–H and O–H groups in total. The van der Waals surface area contributed by atoms with Gasteiger partial charge in [0.2, 0.25) is 17.7 Å². The number of thioether (sulfide) groups is 1. The molecule has 0 bridgehead atoms. The number of hydrogen-bond donors (Lipinski definition) is 5. The van der Waals surface area contributed by atoms with Crippen molar-refractivity contribution in [3.63, 3.8) is 0 Å². The molecule has 5 heterocycles. The van der Waals surface area contributed by atoms with Gasteiger partial charge in [0.15, 0.2) is 0 Å². The smallest absolute Gasteiger partial charge is 0.293 e. The summed E-state index contributed by atoms with van der Waals surface area (Å²) in [6, 6.07) is 35.0. The van der Waals surface area contributed by atoms with Gasteiger partial charge in [-0.2, -0.15) is 0 Å². The van der Waals surface area contributed by atoms with Crippen LogP contribution in [0.4, 0.5) is 17.1 Å². The number of nitro benzene ring substituents is 1. The number of thiazole rings is 1. The van der Waals surface area contributed by atoms with Crippen LogP contribution >= 0.6 is 34.7 Å². The lowest BCUT2D eigenvalue weighted by atomic mass is 9.71. The molecule has 22 nitrogen and oxygen atoms in total. The molecule has 4 amide bonds. The first-order chi connectivity index (χ1) is 51.3. The Bertz CT molecular complexity index is 4130. The first-order valence-corrected chi connectivity index (χ1v) is 41.7. The lowest BCUT2D eigenvalue weighted by Crippen LogP contribution is -2.56. The largest absolute Gasteiger partial charge is 0.391 e. The van der Waals surface area contributed by atoms with Crippen LogP contribution in [0.25, 0.3) is 16.0 Å². The monoisotopic (exact) mass is 1540 g/mol. The molecule has 0 radical (unpaired) electrons. The minimum Gasteiger partial charge on any atom is -0.391 e. The van der Waals surface area contributed by atoms with E-state index in [1.54, 1.807) is 40.1 Å². The van der Waals surface area contributed by atoms with Gasteiger partial charge in [-0.1, -0.05) is 119 Å². The van der Waals surface area contributed by atoms with Gasteiger partial charge >= 0.3 is 0 Å². The number of aromatic nitrogens is 1. The third-order valence-corrected chi connectivity index (χ3v) is 25.4. The first-order valence-electron chi connectivity index (χ1n) is 38.0. The number of hydrogen-bond acceptors (Lipinski definition) is 19. The molecule has 0 spiro atoms. The highest BCUT2D eigenvalue weighted by atomic mass is 35.5. The van der Waals surface area contributed by atoms with Crippen molar-refractivity contribution in [1.82, 2.24) is 44.8 Å². The molecule has 1 aliphatic carbocycles. The number of carbonyl (C=O) groups excluding carboxylic acids is 4. The number of anilines is 2. The summed E-state index contributed by atoms with van der Waals surface area (Å²) in [7, 11) is -4.51. The van der Waals surface area contributed by atoms with E-state index < -0.39 is 55.0 Å². The van der Waals surface area contributed by atoms with Crippen molar-refractivity contribution in [2.24, 2.45) is 10.8 Å². The maximum Gasteiger partial charge on any atom is 0.293 e. The van der Waals surface area contributed by atoms with Crippen molar-refractivity contribution >= 4 is 91.0 Å². The molecule has 107 heavy (non-hydrogen) atoms. The van der Waals surface area contributed by atoms with Crippen molar-refractivity contribution in [2.75, 3.05) is 127 Å². The molecule has 1 unspecified atom stereocenters. The summed E-state index contributed by atoms with van der Waals surface area (Å²) in [5, 5.41) is 34.0. The van der Waals surface area contributed by atoms with E-state index >= 15 is 0 Å². The Morgan fingerprint density at radius 1 is 0.832 bits per heavy atom. The molecule has 576 valence electrons. The molecule has 26 heteroatoms. The lowest BCUT2D eigenvalue weighted by Gasteiger charge is -2.44. The summed E-state index contributed by atoms with van der Waals surface area (Å²) in [6.45, 7) is 24.9. The number of aryl methyl sites for hydroxylation is 1. The molecule has 1 aromatic heterocycles. The van der Waals surface area contributed by atoms with Gasteiger partial charge in [-0.15, -0.1) is 23.1 Å². The quantitative estimate of drug-likeness (QED) is 0.0114. The number of halogens is 1. The number of ether oxygens (including phenoxy) is 1. The van der Waals surface area contributed by atoms with Crippen LogP contribution in [-0.2, 0) is 29.1 Å². The molecule has 4 aliphatic heterocycles. The van der Waals surface area contributed by atoms with E-state index in [-0.39, 0.29) is 59.4 Å². The number of unbranched alkanes of at least 4 members (excludes halogenated alkanes) is 4. The fourth-order valence-electron chi connectivity index (χ4n) is 15.5. The number of carbonyl (C=O) groups is 4. The summed E-state index contributed by atoms with van der Waals surface area (Å²) in [4.78, 5) is 86.7. The van der Waals surface area contributed by atoms with Crippen LogP contribution in [-0.4, -0.2) is 213 Å². The highest BCUT2D eigenvalue weighted by Crippen LogP contribution is 2.44. The average molecular weight is 1540 g/mol. The maximum absolute atomic E-state index is 14.3. The van der Waals surface area contributed by atoms with E-state index in [4.69, 9.17) is 16.3 Å². The van der Waals surface area contributed by atoms with E-state index in [1.165, 1.54) is 28.8 Å². The van der Waals surface area contributed by atoms with Gasteiger partial charge in [0.25, 0.3) is 21.6 Å². The second kappa shape index (κ2) is 37.4. The lowest BCUT2D eigenvalue weighted by molar-refractivity contribution is -0.384. The van der Waals surface area contributed by atoms with Gasteiger partial charge < -0.3 is 40.5 Å². The van der Waals surface area contributed by atoms with Gasteiger partial charge in [-0.3, -0.25) is 44.0 Å². The molecule has 6 aromatic rings. The number of β-amino-alcohol motifs (C(OH)–C–C–N with tert-alkyl or cyclic N) is 1. The van der Waals surface area contributed by atoms with Gasteiger partial charge in [0.05, 0.1) is 57.3 Å². The fraction of sp³-hybridized carbons (Fsp3) is 0.519. The highest BCUT2D eigenvalue weighted by molar-refractivity contribution is 7.99. The number of amides is 4. The Morgan fingerprint density at radius 2 is 1.51 bits per heavy atom. The first kappa shape index (κ1) is 80.7. The van der Waals surface area contributed by atoms with Crippen molar-refractivity contribution in [3.8, 4) is 10.4 Å². The zero-order valence-corrected chi connectivity index (χ0v) is 66.0. The SMILES string of the molecule is Cc1ncsc1-c1ccc([C@H](C)NC(=O)[C@@H]2C[C@@H](O)CN2C(=O)[C@@H](NCCCCCCCC(=O)N2CCN(CC3(C)CCC(c4ccc(Cl)cc4)=C(CN4CCN(c5ccc(C(=O)NS(=O)(=O)c6ccc(N[C@H](CCN7CCOCC7)CSc7ccccc7)c([N+](=O)[O-])c6)cc5)CC4)C3)CC2)C(C)(C)C)cc1.